The molecule has 3 amide bonds. The van der Waals surface area contributed by atoms with E-state index in [1.54, 1.807) is 55.5 Å². The molecule has 0 aromatic heterocycles. The molecule has 0 fully saturated rings. The Morgan fingerprint density at radius 3 is 2.39 bits per heavy atom. The van der Waals surface area contributed by atoms with E-state index in [2.05, 4.69) is 10.6 Å². The molecule has 2 aromatic carbocycles. The Balaban J connectivity index is 2.07. The minimum absolute atomic E-state index is 0.220. The zero-order chi connectivity index (χ0) is 20.4. The van der Waals surface area contributed by atoms with Crippen molar-refractivity contribution in [2.45, 2.75) is 13.0 Å². The van der Waals surface area contributed by atoms with Crippen LogP contribution in [0.1, 0.15) is 28.9 Å². The lowest BCUT2D eigenvalue weighted by molar-refractivity contribution is -0.158. The number of rotatable bonds is 8. The third-order valence-electron chi connectivity index (χ3n) is 3.56. The molecule has 1 atom stereocenters. The second-order valence-electron chi connectivity index (χ2n) is 5.57. The summed E-state index contributed by atoms with van der Waals surface area (Å²) in [5.74, 6) is -1.41. The topological polar surface area (TPSA) is 111 Å². The van der Waals surface area contributed by atoms with Crippen LogP contribution in [0.4, 0.5) is 4.79 Å². The van der Waals surface area contributed by atoms with Crippen molar-refractivity contribution in [3.63, 3.8) is 0 Å². The van der Waals surface area contributed by atoms with Gasteiger partial charge in [-0.2, -0.15) is 0 Å². The summed E-state index contributed by atoms with van der Waals surface area (Å²) < 4.78 is 10.5. The SMILES string of the molecule is CCNC(=O)NC(=O)[C@@H](OC(=O)COc1ccccc1C=O)c1ccccc1. The number of aldehydes is 1. The lowest BCUT2D eigenvalue weighted by Crippen LogP contribution is -2.42. The van der Waals surface area contributed by atoms with Crippen LogP contribution in [0.5, 0.6) is 5.75 Å². The highest BCUT2D eigenvalue weighted by Crippen LogP contribution is 2.19. The van der Waals surface area contributed by atoms with E-state index in [-0.39, 0.29) is 11.3 Å². The maximum Gasteiger partial charge on any atom is 0.345 e. The van der Waals surface area contributed by atoms with Crippen LogP contribution in [0.15, 0.2) is 54.6 Å². The molecule has 0 unspecified atom stereocenters. The van der Waals surface area contributed by atoms with Gasteiger partial charge in [0.25, 0.3) is 5.91 Å². The molecular weight excluding hydrogens is 364 g/mol. The van der Waals surface area contributed by atoms with Crippen LogP contribution in [-0.2, 0) is 14.3 Å². The fraction of sp³-hybridized carbons (Fsp3) is 0.200. The summed E-state index contributed by atoms with van der Waals surface area (Å²) in [4.78, 5) is 47.2. The molecular formula is C20H20N2O6. The number of esters is 1. The summed E-state index contributed by atoms with van der Waals surface area (Å²) in [7, 11) is 0. The van der Waals surface area contributed by atoms with Crippen molar-refractivity contribution in [3.05, 3.63) is 65.7 Å². The molecule has 0 saturated carbocycles. The van der Waals surface area contributed by atoms with Crippen LogP contribution in [-0.4, -0.2) is 37.3 Å². The smallest absolute Gasteiger partial charge is 0.345 e. The number of amides is 3. The number of benzene rings is 2. The van der Waals surface area contributed by atoms with Crippen molar-refractivity contribution < 1.29 is 28.7 Å². The van der Waals surface area contributed by atoms with E-state index in [4.69, 9.17) is 9.47 Å². The number of imide groups is 1. The highest BCUT2D eigenvalue weighted by molar-refractivity contribution is 5.97. The number of hydrogen-bond acceptors (Lipinski definition) is 6. The molecule has 0 saturated heterocycles. The van der Waals surface area contributed by atoms with E-state index in [0.717, 1.165) is 0 Å². The van der Waals surface area contributed by atoms with E-state index in [9.17, 15) is 19.2 Å². The predicted molar refractivity (Wildman–Crippen MR) is 99.8 cm³/mol. The van der Waals surface area contributed by atoms with Gasteiger partial charge in [0.2, 0.25) is 6.10 Å². The van der Waals surface area contributed by atoms with Crippen molar-refractivity contribution in [1.82, 2.24) is 10.6 Å². The van der Waals surface area contributed by atoms with Crippen molar-refractivity contribution in [2.24, 2.45) is 0 Å². The monoisotopic (exact) mass is 384 g/mol. The second kappa shape index (κ2) is 10.5. The van der Waals surface area contributed by atoms with Gasteiger partial charge in [-0.15, -0.1) is 0 Å². The largest absolute Gasteiger partial charge is 0.481 e. The third-order valence-corrected chi connectivity index (χ3v) is 3.56. The van der Waals surface area contributed by atoms with Gasteiger partial charge in [-0.1, -0.05) is 42.5 Å². The lowest BCUT2D eigenvalue weighted by Gasteiger charge is -2.18. The highest BCUT2D eigenvalue weighted by Gasteiger charge is 2.26. The average Bonchev–Trinajstić information content (AvgIpc) is 2.71. The molecule has 8 nitrogen and oxygen atoms in total. The van der Waals surface area contributed by atoms with E-state index < -0.39 is 30.6 Å². The number of nitrogens with one attached hydrogen (secondary N) is 2. The quantitative estimate of drug-likeness (QED) is 0.532. The Morgan fingerprint density at radius 1 is 1.04 bits per heavy atom. The lowest BCUT2D eigenvalue weighted by atomic mass is 10.1. The minimum atomic E-state index is -1.33. The van der Waals surface area contributed by atoms with Gasteiger partial charge in [0.1, 0.15) is 5.75 Å². The Kier molecular flexibility index (Phi) is 7.71. The van der Waals surface area contributed by atoms with E-state index in [1.165, 1.54) is 6.07 Å². The first-order chi connectivity index (χ1) is 13.5. The van der Waals surface area contributed by atoms with E-state index in [1.807, 2.05) is 0 Å². The molecule has 0 spiro atoms. The summed E-state index contributed by atoms with van der Waals surface area (Å²) in [6.45, 7) is 1.52. The molecule has 146 valence electrons. The summed E-state index contributed by atoms with van der Waals surface area (Å²) in [6.07, 6.45) is -0.728. The second-order valence-corrected chi connectivity index (χ2v) is 5.57. The van der Waals surface area contributed by atoms with Gasteiger partial charge in [-0.3, -0.25) is 14.9 Å². The maximum absolute atomic E-state index is 12.4. The number of para-hydroxylation sites is 1. The van der Waals surface area contributed by atoms with Crippen LogP contribution < -0.4 is 15.4 Å². The van der Waals surface area contributed by atoms with Gasteiger partial charge in [0, 0.05) is 12.1 Å². The molecule has 0 aliphatic rings. The maximum atomic E-state index is 12.4. The van der Waals surface area contributed by atoms with Crippen LogP contribution in [0.2, 0.25) is 0 Å². The van der Waals surface area contributed by atoms with Crippen LogP contribution in [0.25, 0.3) is 0 Å². The molecule has 0 heterocycles. The van der Waals surface area contributed by atoms with Gasteiger partial charge in [0.05, 0.1) is 5.56 Å². The van der Waals surface area contributed by atoms with Crippen LogP contribution >= 0.6 is 0 Å². The molecule has 8 heteroatoms. The van der Waals surface area contributed by atoms with Gasteiger partial charge in [-0.25, -0.2) is 9.59 Å². The van der Waals surface area contributed by atoms with Crippen LogP contribution in [0.3, 0.4) is 0 Å². The summed E-state index contributed by atoms with van der Waals surface area (Å²) >= 11 is 0. The summed E-state index contributed by atoms with van der Waals surface area (Å²) in [5, 5.41) is 4.55. The highest BCUT2D eigenvalue weighted by atomic mass is 16.6. The van der Waals surface area contributed by atoms with Gasteiger partial charge < -0.3 is 14.8 Å². The summed E-state index contributed by atoms with van der Waals surface area (Å²) in [5.41, 5.74) is 0.676. The number of ether oxygens (including phenoxy) is 2. The van der Waals surface area contributed by atoms with Crippen molar-refractivity contribution in [3.8, 4) is 5.75 Å². The summed E-state index contributed by atoms with van der Waals surface area (Å²) in [6, 6.07) is 14.0. The first-order valence-electron chi connectivity index (χ1n) is 8.55. The Labute approximate surface area is 161 Å². The minimum Gasteiger partial charge on any atom is -0.481 e. The molecule has 2 aromatic rings. The molecule has 2 N–H and O–H groups in total. The fourth-order valence-corrected chi connectivity index (χ4v) is 2.29. The first-order valence-corrected chi connectivity index (χ1v) is 8.55. The molecule has 0 aliphatic heterocycles. The fourth-order valence-electron chi connectivity index (χ4n) is 2.29. The van der Waals surface area contributed by atoms with Crippen molar-refractivity contribution in [1.29, 1.82) is 0 Å². The van der Waals surface area contributed by atoms with Gasteiger partial charge in [0.15, 0.2) is 12.9 Å². The van der Waals surface area contributed by atoms with Crippen molar-refractivity contribution in [2.75, 3.05) is 13.2 Å². The number of carbonyl (C=O) groups is 4. The zero-order valence-corrected chi connectivity index (χ0v) is 15.2. The zero-order valence-electron chi connectivity index (χ0n) is 15.2. The number of hydrogen-bond donors (Lipinski definition) is 2. The van der Waals surface area contributed by atoms with Gasteiger partial charge in [-0.05, 0) is 19.1 Å². The molecule has 28 heavy (non-hydrogen) atoms. The van der Waals surface area contributed by atoms with Crippen molar-refractivity contribution >= 4 is 24.2 Å². The van der Waals surface area contributed by atoms with Crippen LogP contribution in [0, 0.1) is 0 Å². The molecule has 0 bridgehead atoms. The Morgan fingerprint density at radius 2 is 1.71 bits per heavy atom. The Hall–Kier alpha value is -3.68. The van der Waals surface area contributed by atoms with E-state index in [0.29, 0.717) is 18.4 Å². The number of carbonyl (C=O) groups excluding carboxylic acids is 4. The average molecular weight is 384 g/mol. The molecule has 2 rings (SSSR count). The third kappa shape index (κ3) is 5.94. The number of urea groups is 1. The standard InChI is InChI=1S/C20H20N2O6/c1-2-21-20(26)22-19(25)18(14-8-4-3-5-9-14)28-17(24)13-27-16-11-7-6-10-15(16)12-23/h3-12,18H,2,13H2,1H3,(H2,21,22,25,26)/t18-/m0/s1. The predicted octanol–water partition coefficient (Wildman–Crippen LogP) is 2.01. The first kappa shape index (κ1) is 20.6. The Bertz CT molecular complexity index is 838. The normalized spacial score (nSPS) is 11.0. The van der Waals surface area contributed by atoms with Gasteiger partial charge >= 0.3 is 12.0 Å². The molecule has 0 radical (unpaired) electrons. The molecule has 0 aliphatic carbocycles. The van der Waals surface area contributed by atoms with E-state index >= 15 is 0 Å².